The minimum absolute atomic E-state index is 0.0778. The maximum atomic E-state index is 13.3. The Bertz CT molecular complexity index is 1060. The molecule has 3 nitrogen and oxygen atoms in total. The summed E-state index contributed by atoms with van der Waals surface area (Å²) in [5.74, 6) is -0.725. The Morgan fingerprint density at radius 3 is 1.94 bits per heavy atom. The van der Waals surface area contributed by atoms with Crippen LogP contribution in [0.15, 0.2) is 66.7 Å². The van der Waals surface area contributed by atoms with Gasteiger partial charge in [0.05, 0.1) is 11.3 Å². The number of benzene rings is 3. The van der Waals surface area contributed by atoms with Crippen molar-refractivity contribution >= 4 is 17.3 Å². The molecule has 31 heavy (non-hydrogen) atoms. The van der Waals surface area contributed by atoms with Crippen molar-refractivity contribution in [2.45, 2.75) is 52.6 Å². The summed E-state index contributed by atoms with van der Waals surface area (Å²) in [7, 11) is 0. The van der Waals surface area contributed by atoms with Crippen molar-refractivity contribution in [3.63, 3.8) is 0 Å². The monoisotopic (exact) mass is 419 g/mol. The van der Waals surface area contributed by atoms with Crippen molar-refractivity contribution < 1.29 is 13.9 Å². The van der Waals surface area contributed by atoms with Crippen molar-refractivity contribution in [1.82, 2.24) is 0 Å². The second-order valence-electron chi connectivity index (χ2n) is 9.72. The summed E-state index contributed by atoms with van der Waals surface area (Å²) in [4.78, 5) is 12.8. The Hall–Kier alpha value is -3.14. The summed E-state index contributed by atoms with van der Waals surface area (Å²) in [6.07, 6.45) is 0. The van der Waals surface area contributed by atoms with Gasteiger partial charge in [-0.05, 0) is 79.3 Å². The van der Waals surface area contributed by atoms with E-state index in [-0.39, 0.29) is 11.2 Å². The number of hydrogen-bond acceptors (Lipinski definition) is 3. The molecule has 0 bridgehead atoms. The van der Waals surface area contributed by atoms with Gasteiger partial charge in [0.1, 0.15) is 11.4 Å². The van der Waals surface area contributed by atoms with Crippen molar-refractivity contribution in [3.05, 3.63) is 83.7 Å². The van der Waals surface area contributed by atoms with Crippen LogP contribution in [0, 0.1) is 5.82 Å². The first-order chi connectivity index (χ1) is 14.4. The fourth-order valence-corrected chi connectivity index (χ4v) is 3.19. The number of nitrogens with one attached hydrogen (secondary N) is 1. The number of hydrogen-bond donors (Lipinski definition) is 1. The van der Waals surface area contributed by atoms with Gasteiger partial charge in [0.15, 0.2) is 0 Å². The van der Waals surface area contributed by atoms with Gasteiger partial charge in [-0.15, -0.1) is 0 Å². The highest BCUT2D eigenvalue weighted by Crippen LogP contribution is 2.31. The molecular weight excluding hydrogens is 389 g/mol. The molecule has 3 rings (SSSR count). The number of anilines is 2. The fraction of sp³-hybridized carbons (Fsp3) is 0.296. The molecule has 162 valence electrons. The van der Waals surface area contributed by atoms with Crippen LogP contribution in [-0.2, 0) is 10.2 Å². The van der Waals surface area contributed by atoms with Gasteiger partial charge in [0, 0.05) is 5.69 Å². The van der Waals surface area contributed by atoms with Crippen LogP contribution in [0.2, 0.25) is 0 Å². The quantitative estimate of drug-likeness (QED) is 0.445. The third-order valence-electron chi connectivity index (χ3n) is 4.85. The number of carbonyl (C=O) groups excluding carboxylic acids is 1. The number of halogens is 1. The van der Waals surface area contributed by atoms with Crippen LogP contribution in [0.5, 0.6) is 0 Å². The number of esters is 1. The lowest BCUT2D eigenvalue weighted by Crippen LogP contribution is -2.24. The predicted molar refractivity (Wildman–Crippen MR) is 125 cm³/mol. The zero-order valence-electron chi connectivity index (χ0n) is 19.0. The first-order valence-electron chi connectivity index (χ1n) is 10.4. The molecule has 0 aliphatic carbocycles. The first-order valence-corrected chi connectivity index (χ1v) is 10.4. The van der Waals surface area contributed by atoms with Gasteiger partial charge in [0.2, 0.25) is 0 Å². The van der Waals surface area contributed by atoms with E-state index in [1.165, 1.54) is 17.7 Å². The highest BCUT2D eigenvalue weighted by atomic mass is 19.1. The highest BCUT2D eigenvalue weighted by Gasteiger charge is 2.21. The van der Waals surface area contributed by atoms with Gasteiger partial charge in [0.25, 0.3) is 0 Å². The molecule has 0 spiro atoms. The Kier molecular flexibility index (Phi) is 6.21. The molecule has 0 aliphatic rings. The lowest BCUT2D eigenvalue weighted by molar-refractivity contribution is 0.00707. The average Bonchev–Trinajstić information content (AvgIpc) is 2.68. The Morgan fingerprint density at radius 1 is 0.806 bits per heavy atom. The molecule has 0 unspecified atom stereocenters. The number of rotatable bonds is 4. The van der Waals surface area contributed by atoms with Gasteiger partial charge in [-0.1, -0.05) is 51.1 Å². The van der Waals surface area contributed by atoms with E-state index < -0.39 is 11.6 Å². The minimum atomic E-state index is -0.605. The zero-order chi connectivity index (χ0) is 22.8. The Balaban J connectivity index is 2.00. The molecule has 0 aromatic heterocycles. The van der Waals surface area contributed by atoms with E-state index in [1.54, 1.807) is 18.2 Å². The molecule has 0 atom stereocenters. The summed E-state index contributed by atoms with van der Waals surface area (Å²) in [5, 5.41) is 3.24. The van der Waals surface area contributed by atoms with Crippen molar-refractivity contribution in [3.8, 4) is 11.1 Å². The fourth-order valence-electron chi connectivity index (χ4n) is 3.19. The first kappa shape index (κ1) is 22.5. The lowest BCUT2D eigenvalue weighted by Gasteiger charge is -2.21. The third-order valence-corrected chi connectivity index (χ3v) is 4.85. The Morgan fingerprint density at radius 2 is 1.39 bits per heavy atom. The van der Waals surface area contributed by atoms with E-state index in [2.05, 4.69) is 50.4 Å². The normalized spacial score (nSPS) is 11.8. The van der Waals surface area contributed by atoms with E-state index in [4.69, 9.17) is 4.74 Å². The van der Waals surface area contributed by atoms with Crippen LogP contribution < -0.4 is 5.32 Å². The van der Waals surface area contributed by atoms with E-state index in [1.807, 2.05) is 32.9 Å². The molecule has 0 heterocycles. The topological polar surface area (TPSA) is 38.3 Å². The van der Waals surface area contributed by atoms with Gasteiger partial charge < -0.3 is 10.1 Å². The summed E-state index contributed by atoms with van der Waals surface area (Å²) in [5.41, 5.74) is 4.47. The molecule has 3 aromatic rings. The Labute approximate surface area is 184 Å². The summed E-state index contributed by atoms with van der Waals surface area (Å²) < 4.78 is 18.9. The van der Waals surface area contributed by atoms with E-state index >= 15 is 0 Å². The van der Waals surface area contributed by atoms with Crippen LogP contribution >= 0.6 is 0 Å². The smallest absolute Gasteiger partial charge is 0.340 e. The highest BCUT2D eigenvalue weighted by molar-refractivity contribution is 5.98. The van der Waals surface area contributed by atoms with Crippen molar-refractivity contribution in [1.29, 1.82) is 0 Å². The molecule has 0 amide bonds. The maximum Gasteiger partial charge on any atom is 0.340 e. The molecule has 4 heteroatoms. The van der Waals surface area contributed by atoms with Crippen LogP contribution in [-0.4, -0.2) is 11.6 Å². The second-order valence-corrected chi connectivity index (χ2v) is 9.72. The average molecular weight is 420 g/mol. The molecule has 0 aliphatic heterocycles. The van der Waals surface area contributed by atoms with Crippen molar-refractivity contribution in [2.24, 2.45) is 0 Å². The minimum Gasteiger partial charge on any atom is -0.456 e. The molecule has 0 saturated heterocycles. The standard InChI is InChI=1S/C27H30FNO2/c1-26(2,3)20-10-7-18(8-11-20)19-9-16-23(25(30)31-27(4,5)6)24(17-19)29-22-14-12-21(28)13-15-22/h7-17,29H,1-6H3. The lowest BCUT2D eigenvalue weighted by atomic mass is 9.86. The summed E-state index contributed by atoms with van der Waals surface area (Å²) in [6, 6.07) is 20.1. The molecule has 0 fully saturated rings. The predicted octanol–water partition coefficient (Wildman–Crippen LogP) is 7.49. The molecule has 1 N–H and O–H groups in total. The van der Waals surface area contributed by atoms with Gasteiger partial charge in [-0.3, -0.25) is 0 Å². The van der Waals surface area contributed by atoms with E-state index in [9.17, 15) is 9.18 Å². The summed E-state index contributed by atoms with van der Waals surface area (Å²) >= 11 is 0. The second kappa shape index (κ2) is 8.54. The van der Waals surface area contributed by atoms with E-state index in [0.717, 1.165) is 11.1 Å². The van der Waals surface area contributed by atoms with Gasteiger partial charge >= 0.3 is 5.97 Å². The number of ether oxygens (including phenoxy) is 1. The van der Waals surface area contributed by atoms with Crippen LogP contribution in [0.4, 0.5) is 15.8 Å². The third kappa shape index (κ3) is 5.94. The zero-order valence-corrected chi connectivity index (χ0v) is 19.0. The molecule has 3 aromatic carbocycles. The number of carbonyl (C=O) groups is 1. The van der Waals surface area contributed by atoms with Gasteiger partial charge in [-0.25, -0.2) is 9.18 Å². The molecule has 0 radical (unpaired) electrons. The SMILES string of the molecule is CC(C)(C)OC(=O)c1ccc(-c2ccc(C(C)(C)C)cc2)cc1Nc1ccc(F)cc1. The van der Waals surface area contributed by atoms with Crippen LogP contribution in [0.1, 0.15) is 57.5 Å². The van der Waals surface area contributed by atoms with Crippen LogP contribution in [0.25, 0.3) is 11.1 Å². The molecule has 0 saturated carbocycles. The largest absolute Gasteiger partial charge is 0.456 e. The maximum absolute atomic E-state index is 13.3. The molecular formula is C27H30FNO2. The van der Waals surface area contributed by atoms with Crippen LogP contribution in [0.3, 0.4) is 0 Å². The van der Waals surface area contributed by atoms with E-state index in [0.29, 0.717) is 16.9 Å². The van der Waals surface area contributed by atoms with Gasteiger partial charge in [-0.2, -0.15) is 0 Å². The summed E-state index contributed by atoms with van der Waals surface area (Å²) in [6.45, 7) is 12.1. The van der Waals surface area contributed by atoms with Crippen molar-refractivity contribution in [2.75, 3.05) is 5.32 Å².